The van der Waals surface area contributed by atoms with Gasteiger partial charge in [0.25, 0.3) is 11.8 Å². The van der Waals surface area contributed by atoms with E-state index in [1.54, 1.807) is 137 Å². The van der Waals surface area contributed by atoms with Crippen LogP contribution >= 0.6 is 31.9 Å². The fourth-order valence-corrected chi connectivity index (χ4v) is 7.16. The number of furan rings is 3. The third kappa shape index (κ3) is 23.0. The number of ether oxygens (including phenoxy) is 4. The molecule has 0 bridgehead atoms. The van der Waals surface area contributed by atoms with E-state index in [2.05, 4.69) is 46.9 Å². The maximum Gasteiger partial charge on any atom is 0.488 e. The summed E-state index contributed by atoms with van der Waals surface area (Å²) in [6.07, 6.45) is 0.356. The van der Waals surface area contributed by atoms with Gasteiger partial charge in [-0.05, 0) is 177 Å². The van der Waals surface area contributed by atoms with Crippen LogP contribution in [0.1, 0.15) is 62.2 Å². The molecule has 418 valence electrons. The zero-order chi connectivity index (χ0) is 58.6. The number of carboxylic acid groups (broad SMARTS) is 2. The van der Waals surface area contributed by atoms with Crippen LogP contribution in [0.2, 0.25) is 0 Å². The molecule has 3 heterocycles. The third-order valence-electron chi connectivity index (χ3n) is 10.2. The Morgan fingerprint density at radius 2 is 0.975 bits per heavy atom. The van der Waals surface area contributed by atoms with Crippen molar-refractivity contribution in [3.05, 3.63) is 201 Å². The molecule has 0 aliphatic heterocycles. The number of aromatic carboxylic acids is 1. The lowest BCUT2D eigenvalue weighted by molar-refractivity contribution is -0.143. The highest BCUT2D eigenvalue weighted by Gasteiger charge is 2.15. The number of hydrogen-bond donors (Lipinski definition) is 7. The minimum Gasteiger partial charge on any atom is -0.497 e. The van der Waals surface area contributed by atoms with E-state index in [0.717, 1.165) is 22.4 Å². The van der Waals surface area contributed by atoms with Gasteiger partial charge in [0, 0.05) is 22.6 Å². The van der Waals surface area contributed by atoms with Crippen molar-refractivity contribution in [2.75, 3.05) is 43.8 Å². The molecule has 0 fully saturated rings. The van der Waals surface area contributed by atoms with E-state index in [1.165, 1.54) is 12.1 Å². The van der Waals surface area contributed by atoms with Gasteiger partial charge in [-0.2, -0.15) is 0 Å². The molecule has 0 radical (unpaired) electrons. The largest absolute Gasteiger partial charge is 0.497 e. The van der Waals surface area contributed by atoms with E-state index < -0.39 is 25.0 Å². The van der Waals surface area contributed by atoms with E-state index in [-0.39, 0.29) is 48.0 Å². The molecule has 0 aliphatic carbocycles. The summed E-state index contributed by atoms with van der Waals surface area (Å²) in [4.78, 5) is 67.7. The second-order valence-corrected chi connectivity index (χ2v) is 17.7. The highest BCUT2D eigenvalue weighted by Crippen LogP contribution is 2.25. The zero-order valence-electron chi connectivity index (χ0n) is 43.6. The van der Waals surface area contributed by atoms with Crippen molar-refractivity contribution in [1.82, 2.24) is 0 Å². The van der Waals surface area contributed by atoms with Gasteiger partial charge in [-0.3, -0.25) is 24.0 Å². The Balaban J connectivity index is 0.000000228. The van der Waals surface area contributed by atoms with Gasteiger partial charge in [0.2, 0.25) is 5.76 Å². The van der Waals surface area contributed by atoms with E-state index in [4.69, 9.17) is 53.8 Å². The highest BCUT2D eigenvalue weighted by molar-refractivity contribution is 9.10. The molecule has 20 nitrogen and oxygen atoms in total. The minimum absolute atomic E-state index is 0.0538. The van der Waals surface area contributed by atoms with Crippen molar-refractivity contribution < 1.29 is 81.2 Å². The summed E-state index contributed by atoms with van der Waals surface area (Å²) in [7, 11) is 1.75. The third-order valence-corrected chi connectivity index (χ3v) is 11.0. The number of methoxy groups -OCH3 is 2. The number of rotatable bonds is 17. The van der Waals surface area contributed by atoms with Crippen LogP contribution in [0.15, 0.2) is 180 Å². The van der Waals surface area contributed by atoms with Crippen molar-refractivity contribution in [2.45, 2.75) is 33.1 Å². The fourth-order valence-electron chi connectivity index (χ4n) is 6.55. The summed E-state index contributed by atoms with van der Waals surface area (Å²) < 4.78 is 36.1. The zero-order valence-corrected chi connectivity index (χ0v) is 46.7. The molecule has 0 spiro atoms. The molecule has 8 aromatic rings. The van der Waals surface area contributed by atoms with Gasteiger partial charge < -0.3 is 68.8 Å². The normalized spacial score (nSPS) is 9.95. The number of carboxylic acids is 2. The molecule has 0 saturated heterocycles. The number of hydrogen-bond acceptors (Lipinski definition) is 16. The van der Waals surface area contributed by atoms with Crippen molar-refractivity contribution in [1.29, 1.82) is 0 Å². The van der Waals surface area contributed by atoms with Crippen LogP contribution in [0.4, 0.5) is 17.1 Å². The Bertz CT molecular complexity index is 3270. The van der Waals surface area contributed by atoms with Crippen LogP contribution < -0.4 is 31.3 Å². The number of aliphatic carboxylic acids is 1. The van der Waals surface area contributed by atoms with Crippen LogP contribution in [0.5, 0.6) is 11.5 Å². The molecular weight excluding hydrogens is 1170 g/mol. The average Bonchev–Trinajstić information content (AvgIpc) is 4.22. The van der Waals surface area contributed by atoms with E-state index in [1.807, 2.05) is 36.4 Å². The maximum atomic E-state index is 12.4. The lowest BCUT2D eigenvalue weighted by Crippen LogP contribution is -2.29. The Kier molecular flexibility index (Phi) is 26.6. The number of nitrogens with two attached hydrogens (primary N) is 1. The van der Waals surface area contributed by atoms with E-state index >= 15 is 0 Å². The van der Waals surface area contributed by atoms with E-state index in [9.17, 15) is 28.8 Å². The van der Waals surface area contributed by atoms with Crippen LogP contribution in [-0.4, -0.2) is 90.5 Å². The standard InChI is InChI=1S/C20H17NO5.C15H14BrNO4.C10H13NO2.C7H9BO3.C5H3BrO3/c1-25-16-7-5-14(6-8-16)17-9-10-18(26-17)20(24)21-15-4-2-3-13(11-15)12-19(22)23;1-2-20-14(18)9-10-4-3-5-11(8-10)17-15(19)12-6-7-13(16)21-12;1-2-13-10(12)7-8-4-3-5-9(11)6-8;1-11-7-4-2-6(3-5-7)8(9)10;6-4-2-1-3(9-4)5(7)8/h2-11H,12H2,1H3,(H,21,24)(H,22,23);3-8H,2,9H2,1H3,(H,17,19);3-6H,2,7,11H2,1H3;2-5,9-10H,1H3;1-2H,(H,7,8). The van der Waals surface area contributed by atoms with Gasteiger partial charge in [0.1, 0.15) is 17.3 Å². The Morgan fingerprint density at radius 3 is 1.39 bits per heavy atom. The van der Waals surface area contributed by atoms with Gasteiger partial charge in [-0.15, -0.1) is 0 Å². The van der Waals surface area contributed by atoms with Gasteiger partial charge in [0.15, 0.2) is 20.9 Å². The molecule has 3 aromatic heterocycles. The predicted molar refractivity (Wildman–Crippen MR) is 305 cm³/mol. The number of anilines is 3. The molecule has 0 aliphatic rings. The maximum absolute atomic E-state index is 12.4. The fraction of sp³-hybridized carbons (Fsp3) is 0.158. The molecule has 8 N–H and O–H groups in total. The molecular formula is C57H56BBr2N3O17. The van der Waals surface area contributed by atoms with Crippen molar-refractivity contribution in [3.8, 4) is 22.8 Å². The van der Waals surface area contributed by atoms with Gasteiger partial charge in [-0.25, -0.2) is 4.79 Å². The van der Waals surface area contributed by atoms with Crippen LogP contribution in [0, 0.1) is 0 Å². The summed E-state index contributed by atoms with van der Waals surface area (Å²) >= 11 is 6.11. The molecule has 0 unspecified atom stereocenters. The topological polar surface area (TPSA) is 310 Å². The number of esters is 2. The summed E-state index contributed by atoms with van der Waals surface area (Å²) in [5.41, 5.74) is 10.9. The monoisotopic (exact) mass is 1220 g/mol. The molecule has 0 atom stereocenters. The summed E-state index contributed by atoms with van der Waals surface area (Å²) in [5.74, 6) is -0.926. The number of nitrogen functional groups attached to an aromatic ring is 1. The predicted octanol–water partition coefficient (Wildman–Crippen LogP) is 9.72. The first-order chi connectivity index (χ1) is 38.3. The van der Waals surface area contributed by atoms with Crippen LogP contribution in [0.25, 0.3) is 11.3 Å². The lowest BCUT2D eigenvalue weighted by Gasteiger charge is -2.06. The quantitative estimate of drug-likeness (QED) is 0.0253. The first-order valence-corrected chi connectivity index (χ1v) is 25.5. The van der Waals surface area contributed by atoms with Crippen LogP contribution in [-0.2, 0) is 43.1 Å². The summed E-state index contributed by atoms with van der Waals surface area (Å²) in [6, 6.07) is 44.3. The Morgan fingerprint density at radius 1 is 0.537 bits per heavy atom. The second-order valence-electron chi connectivity index (χ2n) is 16.1. The molecule has 2 amide bonds. The number of amides is 2. The SMILES string of the molecule is CCOC(=O)Cc1cccc(N)c1.CCOC(=O)Cc1cccc(NC(=O)c2ccc(Br)o2)c1.COc1ccc(-c2ccc(C(=O)Nc3cccc(CC(=O)O)c3)o2)cc1.COc1ccc(B(O)O)cc1.O=C(O)c1ccc(Br)o1. The average molecular weight is 1230 g/mol. The molecule has 23 heteroatoms. The molecule has 80 heavy (non-hydrogen) atoms. The number of nitrogens with one attached hydrogen (secondary N) is 2. The van der Waals surface area contributed by atoms with Gasteiger partial charge in [0.05, 0.1) is 46.7 Å². The van der Waals surface area contributed by atoms with Gasteiger partial charge >= 0.3 is 31.0 Å². The summed E-state index contributed by atoms with van der Waals surface area (Å²) in [6.45, 7) is 4.32. The van der Waals surface area contributed by atoms with Crippen LogP contribution in [0.3, 0.4) is 0 Å². The summed E-state index contributed by atoms with van der Waals surface area (Å²) in [5, 5.41) is 40.0. The van der Waals surface area contributed by atoms with Crippen molar-refractivity contribution in [2.24, 2.45) is 0 Å². The number of carbonyl (C=O) groups is 6. The molecule has 0 saturated carbocycles. The van der Waals surface area contributed by atoms with Crippen molar-refractivity contribution >= 4 is 97.2 Å². The van der Waals surface area contributed by atoms with E-state index in [0.29, 0.717) is 68.6 Å². The highest BCUT2D eigenvalue weighted by atomic mass is 79.9. The number of benzene rings is 5. The smallest absolute Gasteiger partial charge is 0.488 e. The van der Waals surface area contributed by atoms with Gasteiger partial charge in [-0.1, -0.05) is 48.5 Å². The molecule has 5 aromatic carbocycles. The first kappa shape index (κ1) is 63.6. The first-order valence-electron chi connectivity index (χ1n) is 24.0. The number of halogens is 2. The molecule has 8 rings (SSSR count). The Hall–Kier alpha value is -8.90. The number of carbonyl (C=O) groups excluding carboxylic acids is 4. The van der Waals surface area contributed by atoms with Crippen molar-refractivity contribution in [3.63, 3.8) is 0 Å². The lowest BCUT2D eigenvalue weighted by atomic mass is 9.80. The minimum atomic E-state index is -1.40. The second kappa shape index (κ2) is 33.4. The Labute approximate surface area is 476 Å².